The van der Waals surface area contributed by atoms with Crippen LogP contribution in [0.3, 0.4) is 0 Å². The van der Waals surface area contributed by atoms with E-state index in [0.717, 1.165) is 38.9 Å². The molecule has 1 aliphatic rings. The summed E-state index contributed by atoms with van der Waals surface area (Å²) in [5.74, 6) is 0.509. The van der Waals surface area contributed by atoms with Crippen LogP contribution in [0.25, 0.3) is 0 Å². The summed E-state index contributed by atoms with van der Waals surface area (Å²) < 4.78 is 0. The molecule has 0 atom stereocenters. The van der Waals surface area contributed by atoms with Gasteiger partial charge in [0.25, 0.3) is 0 Å². The van der Waals surface area contributed by atoms with Gasteiger partial charge in [0.1, 0.15) is 0 Å². The highest BCUT2D eigenvalue weighted by Gasteiger charge is 2.29. The second-order valence-electron chi connectivity index (χ2n) is 7.94. The van der Waals surface area contributed by atoms with Gasteiger partial charge in [-0.15, -0.1) is 0 Å². The van der Waals surface area contributed by atoms with Gasteiger partial charge in [0.2, 0.25) is 5.91 Å². The van der Waals surface area contributed by atoms with E-state index in [1.807, 2.05) is 0 Å². The van der Waals surface area contributed by atoms with E-state index in [4.69, 9.17) is 0 Å². The van der Waals surface area contributed by atoms with Crippen molar-refractivity contribution in [2.24, 2.45) is 5.92 Å². The SMILES string of the molecule is CN(C)CCCCCCNC(=O)C1CCN(C(C)(C)C)CC1. The first-order valence-electron chi connectivity index (χ1n) is 8.98. The number of piperidine rings is 1. The van der Waals surface area contributed by atoms with Crippen molar-refractivity contribution in [3.63, 3.8) is 0 Å². The molecule has 1 rings (SSSR count). The number of carbonyl (C=O) groups excluding carboxylic acids is 1. The van der Waals surface area contributed by atoms with Gasteiger partial charge in [-0.2, -0.15) is 0 Å². The van der Waals surface area contributed by atoms with Crippen LogP contribution in [0.15, 0.2) is 0 Å². The summed E-state index contributed by atoms with van der Waals surface area (Å²) in [5, 5.41) is 3.14. The predicted octanol–water partition coefficient (Wildman–Crippen LogP) is 2.74. The quantitative estimate of drug-likeness (QED) is 0.700. The van der Waals surface area contributed by atoms with Gasteiger partial charge in [-0.1, -0.05) is 12.8 Å². The Balaban J connectivity index is 2.07. The second-order valence-corrected chi connectivity index (χ2v) is 7.94. The molecule has 1 aliphatic heterocycles. The lowest BCUT2D eigenvalue weighted by molar-refractivity contribution is -0.126. The summed E-state index contributed by atoms with van der Waals surface area (Å²) in [6.45, 7) is 10.9. The summed E-state index contributed by atoms with van der Waals surface area (Å²) in [5.41, 5.74) is 0.230. The van der Waals surface area contributed by atoms with Gasteiger partial charge in [0, 0.05) is 18.0 Å². The monoisotopic (exact) mass is 311 g/mol. The normalized spacial score (nSPS) is 17.9. The van der Waals surface area contributed by atoms with Crippen LogP contribution in [0.1, 0.15) is 59.3 Å². The Bertz CT molecular complexity index is 315. The predicted molar refractivity (Wildman–Crippen MR) is 94.1 cm³/mol. The van der Waals surface area contributed by atoms with Crippen molar-refractivity contribution in [1.82, 2.24) is 15.1 Å². The summed E-state index contributed by atoms with van der Waals surface area (Å²) in [6, 6.07) is 0. The van der Waals surface area contributed by atoms with E-state index in [1.54, 1.807) is 0 Å². The van der Waals surface area contributed by atoms with E-state index in [9.17, 15) is 4.79 Å². The lowest BCUT2D eigenvalue weighted by Crippen LogP contribution is -2.48. The number of hydrogen-bond acceptors (Lipinski definition) is 3. The van der Waals surface area contributed by atoms with Crippen molar-refractivity contribution in [2.45, 2.75) is 64.8 Å². The van der Waals surface area contributed by atoms with E-state index in [0.29, 0.717) is 0 Å². The molecule has 130 valence electrons. The van der Waals surface area contributed by atoms with Crippen LogP contribution in [-0.2, 0) is 4.79 Å². The number of rotatable bonds is 8. The molecule has 0 radical (unpaired) electrons. The van der Waals surface area contributed by atoms with Gasteiger partial charge >= 0.3 is 0 Å². The molecule has 0 aliphatic carbocycles. The average Bonchev–Trinajstić information content (AvgIpc) is 2.45. The molecule has 0 aromatic carbocycles. The molecule has 4 heteroatoms. The summed E-state index contributed by atoms with van der Waals surface area (Å²) in [6.07, 6.45) is 6.86. The average molecular weight is 312 g/mol. The Labute approximate surface area is 137 Å². The molecule has 1 amide bonds. The third-order valence-corrected chi connectivity index (χ3v) is 4.65. The first kappa shape index (κ1) is 19.4. The van der Waals surface area contributed by atoms with Crippen LogP contribution in [0.4, 0.5) is 0 Å². The maximum atomic E-state index is 12.2. The van der Waals surface area contributed by atoms with E-state index < -0.39 is 0 Å². The van der Waals surface area contributed by atoms with Gasteiger partial charge in [0.05, 0.1) is 0 Å². The molecular weight excluding hydrogens is 274 g/mol. The van der Waals surface area contributed by atoms with Crippen LogP contribution < -0.4 is 5.32 Å². The largest absolute Gasteiger partial charge is 0.356 e. The maximum Gasteiger partial charge on any atom is 0.223 e. The Morgan fingerprint density at radius 3 is 2.23 bits per heavy atom. The zero-order chi connectivity index (χ0) is 16.6. The van der Waals surface area contributed by atoms with E-state index >= 15 is 0 Å². The zero-order valence-corrected chi connectivity index (χ0v) is 15.5. The number of likely N-dealkylation sites (tertiary alicyclic amines) is 1. The van der Waals surface area contributed by atoms with Crippen molar-refractivity contribution in [2.75, 3.05) is 40.3 Å². The van der Waals surface area contributed by atoms with Gasteiger partial charge in [-0.25, -0.2) is 0 Å². The first-order chi connectivity index (χ1) is 10.3. The molecule has 0 aromatic heterocycles. The Hall–Kier alpha value is -0.610. The van der Waals surface area contributed by atoms with Crippen molar-refractivity contribution >= 4 is 5.91 Å². The van der Waals surface area contributed by atoms with Crippen molar-refractivity contribution in [1.29, 1.82) is 0 Å². The Kier molecular flexibility index (Phi) is 8.40. The van der Waals surface area contributed by atoms with Crippen LogP contribution in [0, 0.1) is 5.92 Å². The Morgan fingerprint density at radius 1 is 1.09 bits per heavy atom. The molecule has 1 fully saturated rings. The summed E-state index contributed by atoms with van der Waals surface area (Å²) in [4.78, 5) is 16.9. The minimum Gasteiger partial charge on any atom is -0.356 e. The molecule has 0 aromatic rings. The molecule has 0 unspecified atom stereocenters. The highest BCUT2D eigenvalue weighted by atomic mass is 16.1. The highest BCUT2D eigenvalue weighted by molar-refractivity contribution is 5.78. The lowest BCUT2D eigenvalue weighted by Gasteiger charge is -2.40. The van der Waals surface area contributed by atoms with Gasteiger partial charge in [-0.3, -0.25) is 9.69 Å². The molecule has 1 N–H and O–H groups in total. The van der Waals surface area contributed by atoms with E-state index in [1.165, 1.54) is 25.8 Å². The van der Waals surface area contributed by atoms with E-state index in [-0.39, 0.29) is 17.4 Å². The molecule has 22 heavy (non-hydrogen) atoms. The fraction of sp³-hybridized carbons (Fsp3) is 0.944. The third kappa shape index (κ3) is 7.59. The molecule has 0 spiro atoms. The van der Waals surface area contributed by atoms with Gasteiger partial charge < -0.3 is 10.2 Å². The highest BCUT2D eigenvalue weighted by Crippen LogP contribution is 2.23. The number of amides is 1. The number of hydrogen-bond donors (Lipinski definition) is 1. The number of carbonyl (C=O) groups is 1. The molecule has 0 bridgehead atoms. The van der Waals surface area contributed by atoms with Crippen molar-refractivity contribution < 1.29 is 4.79 Å². The second kappa shape index (κ2) is 9.51. The topological polar surface area (TPSA) is 35.6 Å². The van der Waals surface area contributed by atoms with Gasteiger partial charge in [-0.05, 0) is 80.2 Å². The van der Waals surface area contributed by atoms with Gasteiger partial charge in [0.15, 0.2) is 0 Å². The molecule has 1 heterocycles. The summed E-state index contributed by atoms with van der Waals surface area (Å²) in [7, 11) is 4.23. The van der Waals surface area contributed by atoms with Crippen molar-refractivity contribution in [3.8, 4) is 0 Å². The fourth-order valence-electron chi connectivity index (χ4n) is 3.08. The first-order valence-corrected chi connectivity index (χ1v) is 8.98. The van der Waals surface area contributed by atoms with Crippen LogP contribution in [0.5, 0.6) is 0 Å². The molecule has 4 nitrogen and oxygen atoms in total. The fourth-order valence-corrected chi connectivity index (χ4v) is 3.08. The smallest absolute Gasteiger partial charge is 0.223 e. The molecule has 1 saturated heterocycles. The van der Waals surface area contributed by atoms with E-state index in [2.05, 4.69) is 50.0 Å². The van der Waals surface area contributed by atoms with Crippen LogP contribution >= 0.6 is 0 Å². The maximum absolute atomic E-state index is 12.2. The lowest BCUT2D eigenvalue weighted by atomic mass is 9.92. The van der Waals surface area contributed by atoms with Crippen molar-refractivity contribution in [3.05, 3.63) is 0 Å². The Morgan fingerprint density at radius 2 is 1.68 bits per heavy atom. The third-order valence-electron chi connectivity index (χ3n) is 4.65. The van der Waals surface area contributed by atoms with Crippen LogP contribution in [-0.4, -0.2) is 61.5 Å². The number of nitrogens with one attached hydrogen (secondary N) is 1. The summed E-state index contributed by atoms with van der Waals surface area (Å²) >= 11 is 0. The number of nitrogens with zero attached hydrogens (tertiary/aromatic N) is 2. The zero-order valence-electron chi connectivity index (χ0n) is 15.5. The minimum atomic E-state index is 0.229. The number of unbranched alkanes of at least 4 members (excludes halogenated alkanes) is 3. The molecule has 0 saturated carbocycles. The molecular formula is C18H37N3O. The minimum absolute atomic E-state index is 0.229. The van der Waals surface area contributed by atoms with Crippen LogP contribution in [0.2, 0.25) is 0 Å². The standard InChI is InChI=1S/C18H37N3O/c1-18(2,3)21-14-10-16(11-15-21)17(22)19-12-8-6-7-9-13-20(4)5/h16H,6-15H2,1-5H3,(H,19,22).